The van der Waals surface area contributed by atoms with Gasteiger partial charge in [0.1, 0.15) is 6.61 Å². The average Bonchev–Trinajstić information content (AvgIpc) is 2.94. The van der Waals surface area contributed by atoms with Gasteiger partial charge in [-0.05, 0) is 37.8 Å². The highest BCUT2D eigenvalue weighted by molar-refractivity contribution is 5.53. The van der Waals surface area contributed by atoms with E-state index in [4.69, 9.17) is 10.5 Å². The molecule has 0 saturated heterocycles. The molecule has 1 saturated carbocycles. The largest absolute Gasteiger partial charge is 0.485 e. The van der Waals surface area contributed by atoms with Crippen LogP contribution in [-0.2, 0) is 0 Å². The Morgan fingerprint density at radius 2 is 2.12 bits per heavy atom. The van der Waals surface area contributed by atoms with Crippen LogP contribution in [0.4, 0.5) is 5.69 Å². The first-order valence-corrected chi connectivity index (χ1v) is 5.59. The Kier molecular flexibility index (Phi) is 2.79. The average molecular weight is 236 g/mol. The molecular formula is C12H16N2O3. The van der Waals surface area contributed by atoms with E-state index in [2.05, 4.69) is 0 Å². The molecule has 92 valence electrons. The molecule has 0 unspecified atom stereocenters. The fourth-order valence-corrected chi connectivity index (χ4v) is 1.78. The van der Waals surface area contributed by atoms with Gasteiger partial charge in [-0.1, -0.05) is 6.07 Å². The molecule has 0 atom stereocenters. The van der Waals surface area contributed by atoms with E-state index in [1.807, 2.05) is 19.9 Å². The van der Waals surface area contributed by atoms with Crippen molar-refractivity contribution in [2.24, 2.45) is 5.73 Å². The highest BCUT2D eigenvalue weighted by Gasteiger charge is 2.39. The summed E-state index contributed by atoms with van der Waals surface area (Å²) in [6.45, 7) is 3.98. The van der Waals surface area contributed by atoms with E-state index in [1.54, 1.807) is 0 Å². The van der Waals surface area contributed by atoms with E-state index in [0.29, 0.717) is 12.4 Å². The second kappa shape index (κ2) is 4.00. The lowest BCUT2D eigenvalue weighted by Crippen LogP contribution is -2.30. The quantitative estimate of drug-likeness (QED) is 0.641. The first kappa shape index (κ1) is 11.9. The minimum absolute atomic E-state index is 0.0201. The molecule has 0 aromatic heterocycles. The van der Waals surface area contributed by atoms with Gasteiger partial charge < -0.3 is 10.5 Å². The van der Waals surface area contributed by atoms with Gasteiger partial charge in [0, 0.05) is 6.07 Å². The molecule has 2 rings (SSSR count). The smallest absolute Gasteiger partial charge is 0.311 e. The van der Waals surface area contributed by atoms with Gasteiger partial charge in [0.2, 0.25) is 0 Å². The summed E-state index contributed by atoms with van der Waals surface area (Å²) in [6, 6.07) is 3.40. The number of nitro benzene ring substituents is 1. The maximum absolute atomic E-state index is 11.0. The summed E-state index contributed by atoms with van der Waals surface area (Å²) in [7, 11) is 0. The minimum Gasteiger partial charge on any atom is -0.485 e. The van der Waals surface area contributed by atoms with Crippen molar-refractivity contribution in [3.05, 3.63) is 33.4 Å². The number of nitrogens with zero attached hydrogens (tertiary/aromatic N) is 1. The number of rotatable bonds is 4. The van der Waals surface area contributed by atoms with Crippen molar-refractivity contribution in [1.29, 1.82) is 0 Å². The van der Waals surface area contributed by atoms with Crippen LogP contribution in [0.5, 0.6) is 5.75 Å². The van der Waals surface area contributed by atoms with E-state index in [9.17, 15) is 10.1 Å². The van der Waals surface area contributed by atoms with Crippen molar-refractivity contribution in [2.75, 3.05) is 6.61 Å². The third kappa shape index (κ3) is 2.55. The topological polar surface area (TPSA) is 78.4 Å². The van der Waals surface area contributed by atoms with Crippen molar-refractivity contribution in [2.45, 2.75) is 32.2 Å². The third-order valence-corrected chi connectivity index (χ3v) is 2.99. The van der Waals surface area contributed by atoms with Crippen molar-refractivity contribution < 1.29 is 9.66 Å². The Morgan fingerprint density at radius 3 is 2.65 bits per heavy atom. The maximum atomic E-state index is 11.0. The van der Waals surface area contributed by atoms with Crippen LogP contribution in [0.2, 0.25) is 0 Å². The number of nitro groups is 1. The van der Waals surface area contributed by atoms with Gasteiger partial charge in [0.25, 0.3) is 0 Å². The molecule has 2 N–H and O–H groups in total. The zero-order valence-electron chi connectivity index (χ0n) is 10.0. The van der Waals surface area contributed by atoms with Crippen molar-refractivity contribution in [3.63, 3.8) is 0 Å². The molecule has 0 heterocycles. The second-order valence-corrected chi connectivity index (χ2v) is 4.84. The van der Waals surface area contributed by atoms with E-state index in [1.165, 1.54) is 6.07 Å². The number of benzene rings is 1. The van der Waals surface area contributed by atoms with Gasteiger partial charge in [-0.25, -0.2) is 0 Å². The molecule has 0 bridgehead atoms. The number of nitrogens with two attached hydrogens (primary N) is 1. The summed E-state index contributed by atoms with van der Waals surface area (Å²) < 4.78 is 5.54. The second-order valence-electron chi connectivity index (χ2n) is 4.84. The summed E-state index contributed by atoms with van der Waals surface area (Å²) >= 11 is 0. The van der Waals surface area contributed by atoms with Crippen LogP contribution in [0.25, 0.3) is 0 Å². The standard InChI is InChI=1S/C12H16N2O3/c1-8-5-9(2)11(10(6-8)14(15)16)17-7-12(13)3-4-12/h5-6H,3-4,7,13H2,1-2H3. The molecule has 0 amide bonds. The first-order chi connectivity index (χ1) is 7.91. The molecule has 0 spiro atoms. The molecule has 1 aromatic carbocycles. The highest BCUT2D eigenvalue weighted by atomic mass is 16.6. The van der Waals surface area contributed by atoms with E-state index < -0.39 is 4.92 Å². The predicted octanol–water partition coefficient (Wildman–Crippen LogP) is 2.08. The molecule has 1 aliphatic carbocycles. The van der Waals surface area contributed by atoms with E-state index in [0.717, 1.165) is 24.0 Å². The molecule has 1 aromatic rings. The van der Waals surface area contributed by atoms with Crippen LogP contribution >= 0.6 is 0 Å². The summed E-state index contributed by atoms with van der Waals surface area (Å²) in [4.78, 5) is 10.5. The van der Waals surface area contributed by atoms with Crippen LogP contribution in [0.15, 0.2) is 12.1 Å². The first-order valence-electron chi connectivity index (χ1n) is 5.59. The molecule has 1 fully saturated rings. The van der Waals surface area contributed by atoms with Gasteiger partial charge in [-0.15, -0.1) is 0 Å². The monoisotopic (exact) mass is 236 g/mol. The van der Waals surface area contributed by atoms with Gasteiger partial charge in [0.15, 0.2) is 5.75 Å². The van der Waals surface area contributed by atoms with Crippen LogP contribution < -0.4 is 10.5 Å². The lowest BCUT2D eigenvalue weighted by molar-refractivity contribution is -0.386. The lowest BCUT2D eigenvalue weighted by Gasteiger charge is -2.13. The lowest BCUT2D eigenvalue weighted by atomic mass is 10.1. The molecule has 0 aliphatic heterocycles. The Bertz CT molecular complexity index is 467. The Hall–Kier alpha value is -1.62. The molecule has 5 heteroatoms. The van der Waals surface area contributed by atoms with Crippen LogP contribution in [0.1, 0.15) is 24.0 Å². The molecule has 5 nitrogen and oxygen atoms in total. The SMILES string of the molecule is Cc1cc(C)c(OCC2(N)CC2)c([N+](=O)[O-])c1. The number of aryl methyl sites for hydroxylation is 2. The van der Waals surface area contributed by atoms with Crippen molar-refractivity contribution in [3.8, 4) is 5.75 Å². The van der Waals surface area contributed by atoms with Gasteiger partial charge in [-0.3, -0.25) is 10.1 Å². The molecular weight excluding hydrogens is 220 g/mol. The number of hydrogen-bond donors (Lipinski definition) is 1. The van der Waals surface area contributed by atoms with Crippen LogP contribution in [0, 0.1) is 24.0 Å². The molecule has 1 aliphatic rings. The maximum Gasteiger partial charge on any atom is 0.311 e. The van der Waals surface area contributed by atoms with Crippen molar-refractivity contribution in [1.82, 2.24) is 0 Å². The van der Waals surface area contributed by atoms with Crippen LogP contribution in [0.3, 0.4) is 0 Å². The van der Waals surface area contributed by atoms with Gasteiger partial charge in [-0.2, -0.15) is 0 Å². The molecule has 17 heavy (non-hydrogen) atoms. The zero-order chi connectivity index (χ0) is 12.6. The number of ether oxygens (including phenoxy) is 1. The van der Waals surface area contributed by atoms with E-state index >= 15 is 0 Å². The van der Waals surface area contributed by atoms with Gasteiger partial charge in [0.05, 0.1) is 10.5 Å². The predicted molar refractivity (Wildman–Crippen MR) is 64.2 cm³/mol. The van der Waals surface area contributed by atoms with E-state index in [-0.39, 0.29) is 11.2 Å². The number of hydrogen-bond acceptors (Lipinski definition) is 4. The Morgan fingerprint density at radius 1 is 1.47 bits per heavy atom. The minimum atomic E-state index is -0.411. The zero-order valence-corrected chi connectivity index (χ0v) is 10.0. The fourth-order valence-electron chi connectivity index (χ4n) is 1.78. The Balaban J connectivity index is 2.27. The fraction of sp³-hybridized carbons (Fsp3) is 0.500. The summed E-state index contributed by atoms with van der Waals surface area (Å²) in [5.74, 6) is 0.345. The molecule has 0 radical (unpaired) electrons. The normalized spacial score (nSPS) is 16.6. The van der Waals surface area contributed by atoms with Gasteiger partial charge >= 0.3 is 5.69 Å². The summed E-state index contributed by atoms with van der Waals surface area (Å²) in [5.41, 5.74) is 7.29. The third-order valence-electron chi connectivity index (χ3n) is 2.99. The summed E-state index contributed by atoms with van der Waals surface area (Å²) in [6.07, 6.45) is 1.84. The van der Waals surface area contributed by atoms with Crippen molar-refractivity contribution >= 4 is 5.69 Å². The highest BCUT2D eigenvalue weighted by Crippen LogP contribution is 2.36. The van der Waals surface area contributed by atoms with Crippen LogP contribution in [-0.4, -0.2) is 17.1 Å². The summed E-state index contributed by atoms with van der Waals surface area (Å²) in [5, 5.41) is 11.0. The Labute approximate surface area is 99.7 Å².